The van der Waals surface area contributed by atoms with Crippen LogP contribution in [0.1, 0.15) is 5.56 Å². The molecule has 4 nitrogen and oxygen atoms in total. The molecule has 3 aromatic rings. The zero-order valence-corrected chi connectivity index (χ0v) is 14.9. The van der Waals surface area contributed by atoms with Crippen LogP contribution < -0.4 is 0 Å². The van der Waals surface area contributed by atoms with Crippen molar-refractivity contribution in [1.82, 2.24) is 8.96 Å². The molecule has 2 heterocycles. The number of hydrogen-bond donors (Lipinski definition) is 0. The first-order chi connectivity index (χ1) is 10.3. The summed E-state index contributed by atoms with van der Waals surface area (Å²) in [5.41, 5.74) is 0.842. The van der Waals surface area contributed by atoms with Gasteiger partial charge < -0.3 is 0 Å². The maximum atomic E-state index is 14.3. The SMILES string of the molecule is Cc1ccc(S(=O)(=O)n2cc(I)c3cnc(Cl)c(F)c32)cc1. The summed E-state index contributed by atoms with van der Waals surface area (Å²) in [7, 11) is -3.92. The summed E-state index contributed by atoms with van der Waals surface area (Å²) >= 11 is 7.63. The molecular formula is C14H9ClFIN2O2S. The summed E-state index contributed by atoms with van der Waals surface area (Å²) < 4.78 is 41.3. The third-order valence-corrected chi connectivity index (χ3v) is 6.03. The first-order valence-corrected chi connectivity index (χ1v) is 9.05. The van der Waals surface area contributed by atoms with E-state index in [1.54, 1.807) is 12.1 Å². The number of aromatic nitrogens is 2. The second kappa shape index (κ2) is 5.47. The van der Waals surface area contributed by atoms with Gasteiger partial charge in [-0.15, -0.1) is 0 Å². The number of aryl methyl sites for hydroxylation is 1. The van der Waals surface area contributed by atoms with Gasteiger partial charge >= 0.3 is 0 Å². The standard InChI is InChI=1S/C14H9ClFIN2O2S/c1-8-2-4-9(5-3-8)22(20,21)19-7-11(17)10-6-18-14(15)12(16)13(10)19/h2-7H,1H3. The summed E-state index contributed by atoms with van der Waals surface area (Å²) in [6.45, 7) is 1.86. The summed E-state index contributed by atoms with van der Waals surface area (Å²) in [5.74, 6) is -0.849. The largest absolute Gasteiger partial charge is 0.268 e. The molecule has 114 valence electrons. The number of fused-ring (bicyclic) bond motifs is 1. The first kappa shape index (κ1) is 15.7. The fourth-order valence-electron chi connectivity index (χ4n) is 2.10. The number of hydrogen-bond acceptors (Lipinski definition) is 3. The fraction of sp³-hybridized carbons (Fsp3) is 0.0714. The van der Waals surface area contributed by atoms with Crippen LogP contribution in [0.15, 0.2) is 41.6 Å². The quantitative estimate of drug-likeness (QED) is 0.438. The number of pyridine rings is 1. The molecule has 0 N–H and O–H groups in total. The van der Waals surface area contributed by atoms with E-state index in [9.17, 15) is 12.8 Å². The Morgan fingerprint density at radius 1 is 1.27 bits per heavy atom. The van der Waals surface area contributed by atoms with Crippen molar-refractivity contribution in [1.29, 1.82) is 0 Å². The van der Waals surface area contributed by atoms with Gasteiger partial charge in [-0.3, -0.25) is 0 Å². The Labute approximate surface area is 145 Å². The van der Waals surface area contributed by atoms with Crippen molar-refractivity contribution in [2.24, 2.45) is 0 Å². The molecule has 0 unspecified atom stereocenters. The van der Waals surface area contributed by atoms with E-state index in [1.807, 2.05) is 29.5 Å². The number of nitrogens with zero attached hydrogens (tertiary/aromatic N) is 2. The fourth-order valence-corrected chi connectivity index (χ4v) is 4.47. The zero-order chi connectivity index (χ0) is 16.1. The minimum Gasteiger partial charge on any atom is -0.241 e. The van der Waals surface area contributed by atoms with Crippen molar-refractivity contribution >= 4 is 55.1 Å². The molecule has 3 rings (SSSR count). The van der Waals surface area contributed by atoms with Gasteiger partial charge in [0.15, 0.2) is 11.0 Å². The van der Waals surface area contributed by atoms with E-state index in [0.717, 1.165) is 9.54 Å². The van der Waals surface area contributed by atoms with Crippen molar-refractivity contribution in [2.75, 3.05) is 0 Å². The Kier molecular flexibility index (Phi) is 3.90. The highest BCUT2D eigenvalue weighted by molar-refractivity contribution is 14.1. The Hall–Kier alpha value is -1.19. The maximum absolute atomic E-state index is 14.3. The van der Waals surface area contributed by atoms with Crippen LogP contribution in [-0.4, -0.2) is 17.4 Å². The van der Waals surface area contributed by atoms with Crippen LogP contribution in [-0.2, 0) is 10.0 Å². The third-order valence-electron chi connectivity index (χ3n) is 3.24. The number of halogens is 3. The molecule has 0 radical (unpaired) electrons. The average molecular weight is 451 g/mol. The van der Waals surface area contributed by atoms with Gasteiger partial charge in [-0.1, -0.05) is 29.3 Å². The molecular weight excluding hydrogens is 442 g/mol. The van der Waals surface area contributed by atoms with Crippen LogP contribution in [0.3, 0.4) is 0 Å². The van der Waals surface area contributed by atoms with Crippen molar-refractivity contribution < 1.29 is 12.8 Å². The molecule has 0 saturated heterocycles. The lowest BCUT2D eigenvalue weighted by Crippen LogP contribution is -2.12. The second-order valence-corrected chi connectivity index (χ2v) is 8.05. The van der Waals surface area contributed by atoms with Gasteiger partial charge in [0.2, 0.25) is 0 Å². The minimum atomic E-state index is -3.92. The highest BCUT2D eigenvalue weighted by Crippen LogP contribution is 2.30. The molecule has 1 aromatic carbocycles. The summed E-state index contributed by atoms with van der Waals surface area (Å²) in [4.78, 5) is 3.81. The number of rotatable bonds is 2. The monoisotopic (exact) mass is 450 g/mol. The van der Waals surface area contributed by atoms with E-state index in [2.05, 4.69) is 4.98 Å². The smallest absolute Gasteiger partial charge is 0.241 e. The van der Waals surface area contributed by atoms with Crippen LogP contribution in [0.2, 0.25) is 5.15 Å². The van der Waals surface area contributed by atoms with E-state index in [1.165, 1.54) is 24.5 Å². The Morgan fingerprint density at radius 2 is 1.91 bits per heavy atom. The lowest BCUT2D eigenvalue weighted by atomic mass is 10.2. The van der Waals surface area contributed by atoms with Crippen molar-refractivity contribution in [3.63, 3.8) is 0 Å². The van der Waals surface area contributed by atoms with Gasteiger partial charge in [0, 0.05) is 21.4 Å². The first-order valence-electron chi connectivity index (χ1n) is 6.15. The van der Waals surface area contributed by atoms with E-state index in [0.29, 0.717) is 8.96 Å². The molecule has 2 aromatic heterocycles. The van der Waals surface area contributed by atoms with Crippen LogP contribution in [0, 0.1) is 16.3 Å². The lowest BCUT2D eigenvalue weighted by molar-refractivity contribution is 0.585. The number of benzene rings is 1. The molecule has 0 atom stereocenters. The average Bonchev–Trinajstić information content (AvgIpc) is 2.82. The Bertz CT molecular complexity index is 984. The van der Waals surface area contributed by atoms with Gasteiger partial charge in [-0.25, -0.2) is 21.8 Å². The predicted molar refractivity (Wildman–Crippen MR) is 91.2 cm³/mol. The van der Waals surface area contributed by atoms with Crippen LogP contribution in [0.4, 0.5) is 4.39 Å². The van der Waals surface area contributed by atoms with E-state index < -0.39 is 15.8 Å². The van der Waals surface area contributed by atoms with E-state index >= 15 is 0 Å². The van der Waals surface area contributed by atoms with Gasteiger partial charge in [0.1, 0.15) is 5.52 Å². The normalized spacial score (nSPS) is 12.0. The molecule has 8 heteroatoms. The van der Waals surface area contributed by atoms with Crippen LogP contribution >= 0.6 is 34.2 Å². The molecule has 0 aliphatic rings. The van der Waals surface area contributed by atoms with Gasteiger partial charge in [-0.05, 0) is 41.6 Å². The third kappa shape index (κ3) is 2.40. The Morgan fingerprint density at radius 3 is 2.55 bits per heavy atom. The maximum Gasteiger partial charge on any atom is 0.268 e. The second-order valence-electron chi connectivity index (χ2n) is 4.72. The minimum absolute atomic E-state index is 0.0822. The zero-order valence-electron chi connectivity index (χ0n) is 11.2. The lowest BCUT2D eigenvalue weighted by Gasteiger charge is -2.08. The molecule has 0 amide bonds. The molecule has 0 aliphatic heterocycles. The highest BCUT2D eigenvalue weighted by Gasteiger charge is 2.24. The van der Waals surface area contributed by atoms with Gasteiger partial charge in [0.05, 0.1) is 4.90 Å². The molecule has 0 fully saturated rings. The highest BCUT2D eigenvalue weighted by atomic mass is 127. The summed E-state index contributed by atoms with van der Waals surface area (Å²) in [6, 6.07) is 6.36. The van der Waals surface area contributed by atoms with Crippen LogP contribution in [0.5, 0.6) is 0 Å². The van der Waals surface area contributed by atoms with Crippen molar-refractivity contribution in [3.8, 4) is 0 Å². The summed E-state index contributed by atoms with van der Waals surface area (Å²) in [5, 5.41) is 0.0422. The van der Waals surface area contributed by atoms with Crippen molar-refractivity contribution in [2.45, 2.75) is 11.8 Å². The van der Waals surface area contributed by atoms with Crippen LogP contribution in [0.25, 0.3) is 10.9 Å². The van der Waals surface area contributed by atoms with Gasteiger partial charge in [-0.2, -0.15) is 0 Å². The summed E-state index contributed by atoms with van der Waals surface area (Å²) in [6.07, 6.45) is 2.73. The molecule has 22 heavy (non-hydrogen) atoms. The van der Waals surface area contributed by atoms with E-state index in [4.69, 9.17) is 11.6 Å². The molecule has 0 bridgehead atoms. The molecule has 0 aliphatic carbocycles. The predicted octanol–water partition coefficient (Wildman–Crippen LogP) is 3.98. The van der Waals surface area contributed by atoms with E-state index in [-0.39, 0.29) is 15.6 Å². The molecule has 0 spiro atoms. The van der Waals surface area contributed by atoms with Gasteiger partial charge in [0.25, 0.3) is 10.0 Å². The topological polar surface area (TPSA) is 52.0 Å². The molecule has 0 saturated carbocycles. The Balaban J connectivity index is 2.34. The van der Waals surface area contributed by atoms with Crippen molar-refractivity contribution in [3.05, 3.63) is 56.8 Å².